The average Bonchev–Trinajstić information content (AvgIpc) is 3.12. The van der Waals surface area contributed by atoms with Gasteiger partial charge in [-0.3, -0.25) is 4.79 Å². The fourth-order valence-corrected chi connectivity index (χ4v) is 3.34. The third-order valence-electron chi connectivity index (χ3n) is 4.03. The molecule has 0 spiro atoms. The number of nitrogens with two attached hydrogens (primary N) is 1. The standard InChI is InChI=1S/C16H14FN5OS/c1-7-6-19-24-15(7)9-2-8-4-13(20-16(23)10-5-11(10)17)21-22-14(8)12(18)3-9/h2-4,6,10-11H,5,18H2,1H3,(H,20,21,23)/t10-,11+/m0/s1. The molecule has 1 fully saturated rings. The fraction of sp³-hybridized carbons (Fsp3) is 0.250. The lowest BCUT2D eigenvalue weighted by Crippen LogP contribution is -2.16. The molecule has 2 aromatic heterocycles. The van der Waals surface area contributed by atoms with Crippen LogP contribution in [0.15, 0.2) is 24.4 Å². The second kappa shape index (κ2) is 5.48. The molecule has 1 saturated carbocycles. The number of amides is 1. The second-order valence-electron chi connectivity index (χ2n) is 5.92. The molecular weight excluding hydrogens is 329 g/mol. The molecule has 8 heteroatoms. The molecule has 2 heterocycles. The first kappa shape index (κ1) is 14.9. The molecule has 0 saturated heterocycles. The van der Waals surface area contributed by atoms with Crippen LogP contribution in [0.2, 0.25) is 0 Å². The van der Waals surface area contributed by atoms with Gasteiger partial charge in [-0.2, -0.15) is 0 Å². The number of nitrogen functional groups attached to an aromatic ring is 1. The summed E-state index contributed by atoms with van der Waals surface area (Å²) in [6, 6.07) is 5.48. The van der Waals surface area contributed by atoms with E-state index < -0.39 is 12.1 Å². The van der Waals surface area contributed by atoms with Crippen LogP contribution >= 0.6 is 11.5 Å². The van der Waals surface area contributed by atoms with Crippen molar-refractivity contribution in [3.8, 4) is 10.4 Å². The van der Waals surface area contributed by atoms with Gasteiger partial charge in [-0.25, -0.2) is 8.76 Å². The molecule has 0 bridgehead atoms. The number of carbonyl (C=O) groups excluding carboxylic acids is 1. The summed E-state index contributed by atoms with van der Waals surface area (Å²) in [5, 5.41) is 11.4. The van der Waals surface area contributed by atoms with Crippen LogP contribution in [0, 0.1) is 12.8 Å². The van der Waals surface area contributed by atoms with E-state index in [0.29, 0.717) is 17.0 Å². The molecular formula is C16H14FN5OS. The molecule has 0 unspecified atom stereocenters. The first-order valence-corrected chi connectivity index (χ1v) is 8.24. The quantitative estimate of drug-likeness (QED) is 0.713. The summed E-state index contributed by atoms with van der Waals surface area (Å²) in [6.45, 7) is 1.98. The van der Waals surface area contributed by atoms with E-state index in [2.05, 4.69) is 19.9 Å². The number of halogens is 1. The fourth-order valence-electron chi connectivity index (χ4n) is 2.60. The Balaban J connectivity index is 1.72. The topological polar surface area (TPSA) is 93.8 Å². The van der Waals surface area contributed by atoms with Crippen LogP contribution in [0.3, 0.4) is 0 Å². The molecule has 1 amide bonds. The van der Waals surface area contributed by atoms with Crippen LogP contribution in [0.25, 0.3) is 21.3 Å². The molecule has 1 aliphatic carbocycles. The Morgan fingerprint density at radius 2 is 2.17 bits per heavy atom. The minimum atomic E-state index is -1.05. The minimum Gasteiger partial charge on any atom is -0.397 e. The zero-order valence-electron chi connectivity index (χ0n) is 12.8. The maximum Gasteiger partial charge on any atom is 0.231 e. The first-order chi connectivity index (χ1) is 11.5. The van der Waals surface area contributed by atoms with E-state index in [0.717, 1.165) is 21.4 Å². The number of alkyl halides is 1. The van der Waals surface area contributed by atoms with Gasteiger partial charge in [0.05, 0.1) is 16.5 Å². The maximum atomic E-state index is 13.0. The number of nitrogens with one attached hydrogen (secondary N) is 1. The smallest absolute Gasteiger partial charge is 0.231 e. The van der Waals surface area contributed by atoms with Crippen LogP contribution in [0.5, 0.6) is 0 Å². The molecule has 24 heavy (non-hydrogen) atoms. The van der Waals surface area contributed by atoms with E-state index in [1.54, 1.807) is 12.3 Å². The molecule has 122 valence electrons. The Morgan fingerprint density at radius 1 is 1.38 bits per heavy atom. The van der Waals surface area contributed by atoms with Crippen molar-refractivity contribution in [2.45, 2.75) is 19.5 Å². The molecule has 0 aliphatic heterocycles. The highest BCUT2D eigenvalue weighted by Gasteiger charge is 2.43. The van der Waals surface area contributed by atoms with Gasteiger partial charge in [-0.1, -0.05) is 0 Å². The number of hydrogen-bond donors (Lipinski definition) is 2. The molecule has 3 N–H and O–H groups in total. The van der Waals surface area contributed by atoms with Crippen molar-refractivity contribution in [3.63, 3.8) is 0 Å². The van der Waals surface area contributed by atoms with E-state index in [4.69, 9.17) is 5.73 Å². The van der Waals surface area contributed by atoms with E-state index in [9.17, 15) is 9.18 Å². The highest BCUT2D eigenvalue weighted by atomic mass is 32.1. The lowest BCUT2D eigenvalue weighted by Gasteiger charge is -2.08. The van der Waals surface area contributed by atoms with Crippen LogP contribution in [0.4, 0.5) is 15.9 Å². The van der Waals surface area contributed by atoms with Crippen molar-refractivity contribution < 1.29 is 9.18 Å². The van der Waals surface area contributed by atoms with Gasteiger partial charge in [0.2, 0.25) is 5.91 Å². The number of rotatable bonds is 3. The third kappa shape index (κ3) is 2.58. The summed E-state index contributed by atoms with van der Waals surface area (Å²) < 4.78 is 17.1. The molecule has 1 aromatic carbocycles. The van der Waals surface area contributed by atoms with E-state index in [-0.39, 0.29) is 12.3 Å². The SMILES string of the molecule is Cc1cnsc1-c1cc(N)c2nnc(NC(=O)[C@H]3C[C@H]3F)cc2c1. The zero-order valence-corrected chi connectivity index (χ0v) is 13.6. The number of aromatic nitrogens is 3. The summed E-state index contributed by atoms with van der Waals surface area (Å²) in [7, 11) is 0. The Labute approximate surface area is 141 Å². The lowest BCUT2D eigenvalue weighted by atomic mass is 10.1. The van der Waals surface area contributed by atoms with E-state index in [1.165, 1.54) is 11.5 Å². The third-order valence-corrected chi connectivity index (χ3v) is 4.98. The van der Waals surface area contributed by atoms with Crippen molar-refractivity contribution in [1.29, 1.82) is 0 Å². The van der Waals surface area contributed by atoms with Gasteiger partial charge in [0, 0.05) is 11.6 Å². The highest BCUT2D eigenvalue weighted by molar-refractivity contribution is 7.09. The second-order valence-corrected chi connectivity index (χ2v) is 6.72. The summed E-state index contributed by atoms with van der Waals surface area (Å²) in [6.07, 6.45) is 1.03. The monoisotopic (exact) mass is 343 g/mol. The molecule has 1 aliphatic rings. The number of benzene rings is 1. The van der Waals surface area contributed by atoms with Crippen LogP contribution < -0.4 is 11.1 Å². The van der Waals surface area contributed by atoms with Crippen LogP contribution in [-0.2, 0) is 4.79 Å². The summed E-state index contributed by atoms with van der Waals surface area (Å²) in [5.74, 6) is -0.638. The van der Waals surface area contributed by atoms with E-state index in [1.807, 2.05) is 19.1 Å². The number of hydrogen-bond acceptors (Lipinski definition) is 6. The van der Waals surface area contributed by atoms with Gasteiger partial charge in [-0.05, 0) is 54.2 Å². The van der Waals surface area contributed by atoms with Crippen LogP contribution in [-0.4, -0.2) is 26.6 Å². The normalized spacial score (nSPS) is 19.4. The van der Waals surface area contributed by atoms with Gasteiger partial charge in [0.1, 0.15) is 11.7 Å². The molecule has 3 aromatic rings. The number of fused-ring (bicyclic) bond motifs is 1. The van der Waals surface area contributed by atoms with Gasteiger partial charge in [-0.15, -0.1) is 10.2 Å². The summed E-state index contributed by atoms with van der Waals surface area (Å²) in [5.41, 5.74) is 9.16. The summed E-state index contributed by atoms with van der Waals surface area (Å²) in [4.78, 5) is 12.9. The number of aryl methyl sites for hydroxylation is 1. The highest BCUT2D eigenvalue weighted by Crippen LogP contribution is 2.35. The molecule has 0 radical (unpaired) electrons. The average molecular weight is 343 g/mol. The zero-order chi connectivity index (χ0) is 16.8. The number of anilines is 2. The van der Waals surface area contributed by atoms with Gasteiger partial charge in [0.25, 0.3) is 0 Å². The molecule has 2 atom stereocenters. The first-order valence-electron chi connectivity index (χ1n) is 7.46. The van der Waals surface area contributed by atoms with Gasteiger partial charge < -0.3 is 11.1 Å². The van der Waals surface area contributed by atoms with Gasteiger partial charge in [0.15, 0.2) is 5.82 Å². The number of carbonyl (C=O) groups is 1. The van der Waals surface area contributed by atoms with Crippen LogP contribution in [0.1, 0.15) is 12.0 Å². The van der Waals surface area contributed by atoms with Crippen molar-refractivity contribution in [1.82, 2.24) is 14.6 Å². The minimum absolute atomic E-state index is 0.272. The predicted molar refractivity (Wildman–Crippen MR) is 91.4 cm³/mol. The maximum absolute atomic E-state index is 13.0. The Kier molecular flexibility index (Phi) is 3.42. The molecule has 6 nitrogen and oxygen atoms in total. The number of nitrogens with zero attached hydrogens (tertiary/aromatic N) is 3. The summed E-state index contributed by atoms with van der Waals surface area (Å²) >= 11 is 1.39. The van der Waals surface area contributed by atoms with Gasteiger partial charge >= 0.3 is 0 Å². The Hall–Kier alpha value is -2.61. The van der Waals surface area contributed by atoms with Crippen molar-refractivity contribution >= 4 is 39.8 Å². The van der Waals surface area contributed by atoms with E-state index >= 15 is 0 Å². The Morgan fingerprint density at radius 3 is 2.83 bits per heavy atom. The van der Waals surface area contributed by atoms with Crippen molar-refractivity contribution in [2.24, 2.45) is 5.92 Å². The van der Waals surface area contributed by atoms with Crippen molar-refractivity contribution in [2.75, 3.05) is 11.1 Å². The lowest BCUT2D eigenvalue weighted by molar-refractivity contribution is -0.117. The Bertz CT molecular complexity index is 957. The largest absolute Gasteiger partial charge is 0.397 e. The van der Waals surface area contributed by atoms with Crippen molar-refractivity contribution in [3.05, 3.63) is 30.0 Å². The predicted octanol–water partition coefficient (Wildman–Crippen LogP) is 2.94. The molecule has 4 rings (SSSR count).